The van der Waals surface area contributed by atoms with Crippen LogP contribution in [0.25, 0.3) is 5.69 Å². The molecular weight excluding hydrogens is 332 g/mol. The summed E-state index contributed by atoms with van der Waals surface area (Å²) in [5.41, 5.74) is 6.74. The molecule has 0 unspecified atom stereocenters. The molecule has 4 rings (SSSR count). The van der Waals surface area contributed by atoms with Crippen LogP contribution in [-0.2, 0) is 4.79 Å². The quantitative estimate of drug-likeness (QED) is 0.899. The number of aromatic nitrogens is 2. The van der Waals surface area contributed by atoms with Crippen LogP contribution in [0.15, 0.2) is 35.5 Å². The fourth-order valence-electron chi connectivity index (χ4n) is 2.93. The summed E-state index contributed by atoms with van der Waals surface area (Å²) in [6, 6.07) is 6.70. The Bertz CT molecular complexity index is 873. The van der Waals surface area contributed by atoms with Crippen molar-refractivity contribution in [1.29, 1.82) is 0 Å². The molecule has 0 saturated heterocycles. The molecule has 1 aromatic heterocycles. The van der Waals surface area contributed by atoms with Crippen molar-refractivity contribution in [2.75, 3.05) is 24.5 Å². The standard InChI is InChI=1S/C15H13ClN6O2/c16-9-1-3-10(4-2-9)22-14-11(7-19-22)13-18-5-6-20(13)15(24)21(14)8-12(17)23/h1-4,7H,5-6,8H2,(H2,17,23). The molecule has 2 aromatic rings. The fourth-order valence-corrected chi connectivity index (χ4v) is 3.06. The second-order valence-electron chi connectivity index (χ2n) is 5.46. The van der Waals surface area contributed by atoms with E-state index in [1.54, 1.807) is 40.0 Å². The molecule has 3 heterocycles. The Balaban J connectivity index is 1.90. The van der Waals surface area contributed by atoms with E-state index in [1.165, 1.54) is 4.90 Å². The Morgan fingerprint density at radius 3 is 2.75 bits per heavy atom. The van der Waals surface area contributed by atoms with E-state index in [9.17, 15) is 9.59 Å². The number of hydrogen-bond donors (Lipinski definition) is 1. The number of aliphatic imine (C=N–C) groups is 1. The van der Waals surface area contributed by atoms with Gasteiger partial charge < -0.3 is 5.73 Å². The summed E-state index contributed by atoms with van der Waals surface area (Å²) in [7, 11) is 0. The minimum Gasteiger partial charge on any atom is -0.368 e. The first kappa shape index (κ1) is 14.7. The van der Waals surface area contributed by atoms with Gasteiger partial charge in [-0.15, -0.1) is 0 Å². The van der Waals surface area contributed by atoms with Crippen LogP contribution in [0.4, 0.5) is 10.6 Å². The number of nitrogens with two attached hydrogens (primary N) is 1. The SMILES string of the molecule is NC(=O)CN1C(=O)N2CCN=C2c2cnn(-c3ccc(Cl)cc3)c21. The number of benzene rings is 1. The van der Waals surface area contributed by atoms with Crippen LogP contribution < -0.4 is 10.6 Å². The highest BCUT2D eigenvalue weighted by Crippen LogP contribution is 2.32. The number of amides is 3. The van der Waals surface area contributed by atoms with Gasteiger partial charge in [0.1, 0.15) is 12.4 Å². The molecule has 0 radical (unpaired) electrons. The average molecular weight is 345 g/mol. The molecule has 0 atom stereocenters. The minimum atomic E-state index is -0.599. The Morgan fingerprint density at radius 1 is 1.29 bits per heavy atom. The molecule has 2 N–H and O–H groups in total. The predicted molar refractivity (Wildman–Crippen MR) is 88.6 cm³/mol. The first-order valence-corrected chi connectivity index (χ1v) is 7.70. The third-order valence-electron chi connectivity index (χ3n) is 3.93. The van der Waals surface area contributed by atoms with E-state index in [0.717, 1.165) is 5.69 Å². The lowest BCUT2D eigenvalue weighted by Gasteiger charge is -2.33. The zero-order valence-corrected chi connectivity index (χ0v) is 13.3. The highest BCUT2D eigenvalue weighted by atomic mass is 35.5. The number of amidine groups is 1. The number of carbonyl (C=O) groups is 2. The zero-order chi connectivity index (χ0) is 16.8. The third kappa shape index (κ3) is 2.15. The molecule has 2 aliphatic heterocycles. The zero-order valence-electron chi connectivity index (χ0n) is 12.5. The van der Waals surface area contributed by atoms with Gasteiger partial charge in [0.2, 0.25) is 5.91 Å². The summed E-state index contributed by atoms with van der Waals surface area (Å²) >= 11 is 5.93. The normalized spacial score (nSPS) is 16.0. The molecule has 24 heavy (non-hydrogen) atoms. The molecule has 0 aliphatic carbocycles. The lowest BCUT2D eigenvalue weighted by molar-refractivity contribution is -0.116. The highest BCUT2D eigenvalue weighted by molar-refractivity contribution is 6.30. The van der Waals surface area contributed by atoms with E-state index in [4.69, 9.17) is 17.3 Å². The van der Waals surface area contributed by atoms with E-state index in [0.29, 0.717) is 35.3 Å². The van der Waals surface area contributed by atoms with Gasteiger partial charge in [-0.05, 0) is 24.3 Å². The summed E-state index contributed by atoms with van der Waals surface area (Å²) < 4.78 is 1.59. The number of hydrogen-bond acceptors (Lipinski definition) is 4. The molecule has 1 aromatic carbocycles. The fraction of sp³-hybridized carbons (Fsp3) is 0.200. The summed E-state index contributed by atoms with van der Waals surface area (Å²) in [5, 5.41) is 4.96. The van der Waals surface area contributed by atoms with Gasteiger partial charge >= 0.3 is 6.03 Å². The minimum absolute atomic E-state index is 0.227. The van der Waals surface area contributed by atoms with E-state index in [2.05, 4.69) is 10.1 Å². The van der Waals surface area contributed by atoms with Crippen LogP contribution in [0, 0.1) is 0 Å². The second kappa shape index (κ2) is 5.34. The maximum Gasteiger partial charge on any atom is 0.331 e. The Hall–Kier alpha value is -2.87. The number of fused-ring (bicyclic) bond motifs is 3. The molecule has 0 saturated carbocycles. The van der Waals surface area contributed by atoms with E-state index < -0.39 is 5.91 Å². The van der Waals surface area contributed by atoms with Gasteiger partial charge in [0, 0.05) is 11.6 Å². The maximum absolute atomic E-state index is 12.7. The molecule has 0 spiro atoms. The van der Waals surface area contributed by atoms with Gasteiger partial charge in [-0.1, -0.05) is 11.6 Å². The topological polar surface area (TPSA) is 96.8 Å². The van der Waals surface area contributed by atoms with Crippen LogP contribution in [0.2, 0.25) is 5.02 Å². The number of halogens is 1. The number of anilines is 1. The van der Waals surface area contributed by atoms with E-state index >= 15 is 0 Å². The molecule has 0 bridgehead atoms. The van der Waals surface area contributed by atoms with Crippen LogP contribution >= 0.6 is 11.6 Å². The number of urea groups is 1. The molecule has 122 valence electrons. The van der Waals surface area contributed by atoms with Gasteiger partial charge in [-0.3, -0.25) is 19.6 Å². The first-order chi connectivity index (χ1) is 11.6. The molecule has 8 nitrogen and oxygen atoms in total. The Kier molecular flexibility index (Phi) is 3.27. The summed E-state index contributed by atoms with van der Waals surface area (Å²) in [5.74, 6) is 0.465. The van der Waals surface area contributed by atoms with Crippen molar-refractivity contribution in [3.63, 3.8) is 0 Å². The predicted octanol–water partition coefficient (Wildman–Crippen LogP) is 1.01. The van der Waals surface area contributed by atoms with Crippen molar-refractivity contribution >= 4 is 35.2 Å². The molecular formula is C15H13ClN6O2. The van der Waals surface area contributed by atoms with Crippen molar-refractivity contribution in [3.05, 3.63) is 41.0 Å². The monoisotopic (exact) mass is 344 g/mol. The van der Waals surface area contributed by atoms with E-state index in [1.807, 2.05) is 0 Å². The van der Waals surface area contributed by atoms with Crippen LogP contribution in [0.3, 0.4) is 0 Å². The number of carbonyl (C=O) groups excluding carboxylic acids is 2. The first-order valence-electron chi connectivity index (χ1n) is 7.32. The largest absolute Gasteiger partial charge is 0.368 e. The van der Waals surface area contributed by atoms with Crippen molar-refractivity contribution in [3.8, 4) is 5.69 Å². The Morgan fingerprint density at radius 2 is 2.04 bits per heavy atom. The summed E-state index contributed by atoms with van der Waals surface area (Å²) in [4.78, 5) is 31.5. The lowest BCUT2D eigenvalue weighted by atomic mass is 10.2. The van der Waals surface area contributed by atoms with Gasteiger partial charge in [-0.2, -0.15) is 5.10 Å². The summed E-state index contributed by atoms with van der Waals surface area (Å²) in [6.45, 7) is 0.779. The molecule has 0 fully saturated rings. The number of primary amides is 1. The maximum atomic E-state index is 12.7. The molecule has 2 aliphatic rings. The van der Waals surface area contributed by atoms with Crippen LogP contribution in [-0.4, -0.2) is 52.1 Å². The lowest BCUT2D eigenvalue weighted by Crippen LogP contribution is -2.52. The van der Waals surface area contributed by atoms with Crippen LogP contribution in [0.1, 0.15) is 5.56 Å². The van der Waals surface area contributed by atoms with Gasteiger partial charge in [-0.25, -0.2) is 9.48 Å². The molecule has 9 heteroatoms. The van der Waals surface area contributed by atoms with Crippen LogP contribution in [0.5, 0.6) is 0 Å². The molecule has 3 amide bonds. The third-order valence-corrected chi connectivity index (χ3v) is 4.18. The van der Waals surface area contributed by atoms with Crippen molar-refractivity contribution < 1.29 is 9.59 Å². The van der Waals surface area contributed by atoms with Crippen molar-refractivity contribution in [2.45, 2.75) is 0 Å². The Labute approximate surface area is 142 Å². The van der Waals surface area contributed by atoms with Gasteiger partial charge in [0.15, 0.2) is 5.82 Å². The van der Waals surface area contributed by atoms with Gasteiger partial charge in [0.05, 0.1) is 24.0 Å². The van der Waals surface area contributed by atoms with Gasteiger partial charge in [0.25, 0.3) is 0 Å². The second-order valence-corrected chi connectivity index (χ2v) is 5.90. The number of rotatable bonds is 3. The highest BCUT2D eigenvalue weighted by Gasteiger charge is 2.40. The van der Waals surface area contributed by atoms with Crippen molar-refractivity contribution in [2.24, 2.45) is 10.7 Å². The average Bonchev–Trinajstić information content (AvgIpc) is 3.18. The summed E-state index contributed by atoms with van der Waals surface area (Å²) in [6.07, 6.45) is 1.64. The smallest absolute Gasteiger partial charge is 0.331 e. The van der Waals surface area contributed by atoms with Crippen molar-refractivity contribution in [1.82, 2.24) is 14.7 Å². The number of nitrogens with zero attached hydrogens (tertiary/aromatic N) is 5. The van der Waals surface area contributed by atoms with E-state index in [-0.39, 0.29) is 12.6 Å².